The maximum Gasteiger partial charge on any atom is 0.182 e. The second-order valence-corrected chi connectivity index (χ2v) is 10.3. The second-order valence-electron chi connectivity index (χ2n) is 7.92. The van der Waals surface area contributed by atoms with Crippen molar-refractivity contribution in [1.82, 2.24) is 15.0 Å². The molecule has 5 rings (SSSR count). The lowest BCUT2D eigenvalue weighted by Crippen LogP contribution is -2.10. The van der Waals surface area contributed by atoms with Gasteiger partial charge in [0, 0.05) is 47.0 Å². The van der Waals surface area contributed by atoms with Gasteiger partial charge in [-0.3, -0.25) is 9.98 Å². The number of hydrogen-bond donors (Lipinski definition) is 0. The molecule has 0 fully saturated rings. The van der Waals surface area contributed by atoms with Gasteiger partial charge < -0.3 is 0 Å². The van der Waals surface area contributed by atoms with Crippen molar-refractivity contribution in [2.45, 2.75) is 23.5 Å². The van der Waals surface area contributed by atoms with E-state index in [9.17, 15) is 12.8 Å². The number of benzene rings is 2. The highest BCUT2D eigenvalue weighted by molar-refractivity contribution is 7.90. The molecule has 10 heteroatoms. The minimum atomic E-state index is -3.91. The van der Waals surface area contributed by atoms with Crippen LogP contribution in [0.15, 0.2) is 70.9 Å². The van der Waals surface area contributed by atoms with Crippen molar-refractivity contribution >= 4 is 33.3 Å². The third-order valence-corrected chi connectivity index (χ3v) is 7.56. The molecule has 0 atom stereocenters. The largest absolute Gasteiger partial charge is 0.260 e. The van der Waals surface area contributed by atoms with Gasteiger partial charge in [-0.1, -0.05) is 23.7 Å². The fourth-order valence-electron chi connectivity index (χ4n) is 3.95. The van der Waals surface area contributed by atoms with Crippen molar-refractivity contribution in [3.05, 3.63) is 100 Å². The molecule has 1 aliphatic rings. The third kappa shape index (κ3) is 4.56. The Morgan fingerprint density at radius 1 is 1.00 bits per heavy atom. The highest BCUT2D eigenvalue weighted by atomic mass is 35.5. The van der Waals surface area contributed by atoms with Gasteiger partial charge in [-0.2, -0.15) is 0 Å². The van der Waals surface area contributed by atoms with E-state index in [1.54, 1.807) is 24.4 Å². The Morgan fingerprint density at radius 3 is 2.69 bits per heavy atom. The van der Waals surface area contributed by atoms with Gasteiger partial charge in [-0.15, -0.1) is 0 Å². The molecule has 2 aromatic heterocycles. The molecule has 0 saturated carbocycles. The second kappa shape index (κ2) is 9.24. The predicted molar refractivity (Wildman–Crippen MR) is 129 cm³/mol. The molecule has 4 aromatic rings. The summed E-state index contributed by atoms with van der Waals surface area (Å²) in [6.07, 6.45) is 5.03. The average molecular weight is 511 g/mol. The van der Waals surface area contributed by atoms with E-state index in [0.29, 0.717) is 29.1 Å². The van der Waals surface area contributed by atoms with Crippen LogP contribution < -0.4 is 0 Å². The number of fused-ring (bicyclic) bond motifs is 1. The number of rotatable bonds is 6. The number of nitrogens with zero attached hydrogens (tertiary/aromatic N) is 4. The number of sulfone groups is 1. The van der Waals surface area contributed by atoms with Crippen LogP contribution in [0.1, 0.15) is 22.5 Å². The summed E-state index contributed by atoms with van der Waals surface area (Å²) in [5.41, 5.74) is 2.40. The monoisotopic (exact) mass is 510 g/mol. The number of hydrogen-bond acceptors (Lipinski definition) is 6. The van der Waals surface area contributed by atoms with E-state index >= 15 is 4.39 Å². The maximum absolute atomic E-state index is 15.5. The molecule has 0 radical (unpaired) electrons. The highest BCUT2D eigenvalue weighted by Gasteiger charge is 2.24. The summed E-state index contributed by atoms with van der Waals surface area (Å²) < 4.78 is 56.0. The number of aliphatic imine (C=N–C) groups is 1. The molecular weight excluding hydrogens is 494 g/mol. The van der Waals surface area contributed by atoms with Crippen LogP contribution in [0, 0.1) is 11.6 Å². The molecule has 2 aromatic carbocycles. The molecule has 176 valence electrons. The molecule has 3 heterocycles. The molecule has 0 spiro atoms. The third-order valence-electron chi connectivity index (χ3n) is 5.66. The molecule has 0 bridgehead atoms. The summed E-state index contributed by atoms with van der Waals surface area (Å²) in [5, 5.41) is 0.245. The van der Waals surface area contributed by atoms with Gasteiger partial charge in [0.05, 0.1) is 22.0 Å². The van der Waals surface area contributed by atoms with E-state index in [2.05, 4.69) is 19.9 Å². The van der Waals surface area contributed by atoms with Crippen LogP contribution in [-0.4, -0.2) is 29.6 Å². The van der Waals surface area contributed by atoms with Crippen LogP contribution in [0.25, 0.3) is 11.3 Å². The smallest absolute Gasteiger partial charge is 0.182 e. The first-order chi connectivity index (χ1) is 16.8. The van der Waals surface area contributed by atoms with E-state index in [1.165, 1.54) is 30.7 Å². The number of halogens is 3. The summed E-state index contributed by atoms with van der Waals surface area (Å²) >= 11 is 5.91. The molecule has 0 aliphatic carbocycles. The van der Waals surface area contributed by atoms with E-state index in [1.807, 2.05) is 0 Å². The lowest BCUT2D eigenvalue weighted by atomic mass is 9.99. The maximum atomic E-state index is 15.5. The zero-order valence-corrected chi connectivity index (χ0v) is 19.7. The van der Waals surface area contributed by atoms with Crippen LogP contribution >= 0.6 is 11.6 Å². The standard InChI is InChI=1S/C25H17ClF2N4O2S/c26-16-3-1-4-17(11-16)35(33,34)13-15-6-7-20(27)19(23(15)28)12-22-18(5-2-9-29-22)24-25-21(8-10-30-25)31-14-32-24/h1-7,9-11,14H,8,12-13H2. The fourth-order valence-corrected chi connectivity index (χ4v) is 5.60. The Balaban J connectivity index is 1.52. The molecule has 1 aliphatic heterocycles. The first-order valence-electron chi connectivity index (χ1n) is 10.6. The summed E-state index contributed by atoms with van der Waals surface area (Å²) in [4.78, 5) is 17.2. The van der Waals surface area contributed by atoms with E-state index in [0.717, 1.165) is 17.8 Å². The Labute approximate surface area is 205 Å². The Bertz CT molecular complexity index is 1590. The van der Waals surface area contributed by atoms with E-state index < -0.39 is 27.2 Å². The SMILES string of the molecule is O=S(=O)(Cc1ccc(F)c(Cc2ncccc2-c2ncnc3c2N=CC3)c1F)c1cccc(Cl)c1. The van der Waals surface area contributed by atoms with Crippen molar-refractivity contribution in [2.24, 2.45) is 4.99 Å². The summed E-state index contributed by atoms with van der Waals surface area (Å²) in [5.74, 6) is -2.37. The Morgan fingerprint density at radius 2 is 1.86 bits per heavy atom. The molecule has 6 nitrogen and oxygen atoms in total. The molecule has 0 N–H and O–H groups in total. The van der Waals surface area contributed by atoms with Gasteiger partial charge in [0.15, 0.2) is 9.84 Å². The molecular formula is C25H17ClF2N4O2S. The van der Waals surface area contributed by atoms with Crippen LogP contribution in [0.4, 0.5) is 14.5 Å². The minimum absolute atomic E-state index is 0.0412. The zero-order valence-electron chi connectivity index (χ0n) is 18.1. The van der Waals surface area contributed by atoms with Gasteiger partial charge in [-0.25, -0.2) is 27.2 Å². The van der Waals surface area contributed by atoms with Crippen molar-refractivity contribution in [1.29, 1.82) is 0 Å². The van der Waals surface area contributed by atoms with Crippen molar-refractivity contribution in [3.8, 4) is 11.3 Å². The van der Waals surface area contributed by atoms with Crippen molar-refractivity contribution in [3.63, 3.8) is 0 Å². The first-order valence-corrected chi connectivity index (χ1v) is 12.6. The fraction of sp³-hybridized carbons (Fsp3) is 0.120. The zero-order chi connectivity index (χ0) is 24.6. The lowest BCUT2D eigenvalue weighted by molar-refractivity contribution is 0.550. The Hall–Kier alpha value is -3.56. The molecule has 0 saturated heterocycles. The molecule has 0 unspecified atom stereocenters. The number of aromatic nitrogens is 3. The van der Waals surface area contributed by atoms with Crippen LogP contribution in [0.2, 0.25) is 5.02 Å². The Kier molecular flexibility index (Phi) is 6.12. The molecule has 0 amide bonds. The van der Waals surface area contributed by atoms with Gasteiger partial charge in [-0.05, 0) is 36.4 Å². The van der Waals surface area contributed by atoms with Gasteiger partial charge in [0.2, 0.25) is 0 Å². The van der Waals surface area contributed by atoms with E-state index in [4.69, 9.17) is 11.6 Å². The lowest BCUT2D eigenvalue weighted by Gasteiger charge is -2.13. The summed E-state index contributed by atoms with van der Waals surface area (Å²) in [7, 11) is -3.91. The predicted octanol–water partition coefficient (Wildman–Crippen LogP) is 5.29. The average Bonchev–Trinajstić information content (AvgIpc) is 3.33. The van der Waals surface area contributed by atoms with E-state index in [-0.39, 0.29) is 27.5 Å². The van der Waals surface area contributed by atoms with Crippen molar-refractivity contribution < 1.29 is 17.2 Å². The topological polar surface area (TPSA) is 85.2 Å². The highest BCUT2D eigenvalue weighted by Crippen LogP contribution is 2.35. The quantitative estimate of drug-likeness (QED) is 0.352. The summed E-state index contributed by atoms with van der Waals surface area (Å²) in [6.45, 7) is 0. The van der Waals surface area contributed by atoms with Gasteiger partial charge >= 0.3 is 0 Å². The number of pyridine rings is 1. The normalized spacial score (nSPS) is 12.7. The minimum Gasteiger partial charge on any atom is -0.260 e. The van der Waals surface area contributed by atoms with Crippen LogP contribution in [0.5, 0.6) is 0 Å². The first kappa shape index (κ1) is 23.2. The van der Waals surface area contributed by atoms with Crippen LogP contribution in [0.3, 0.4) is 0 Å². The van der Waals surface area contributed by atoms with Crippen LogP contribution in [-0.2, 0) is 28.4 Å². The van der Waals surface area contributed by atoms with Crippen molar-refractivity contribution in [2.75, 3.05) is 0 Å². The summed E-state index contributed by atoms with van der Waals surface area (Å²) in [6, 6.07) is 11.4. The van der Waals surface area contributed by atoms with Gasteiger partial charge in [0.25, 0.3) is 0 Å². The molecule has 35 heavy (non-hydrogen) atoms. The van der Waals surface area contributed by atoms with Gasteiger partial charge in [0.1, 0.15) is 29.3 Å².